The minimum absolute atomic E-state index is 0.884. The number of aryl methyl sites for hydroxylation is 2. The summed E-state index contributed by atoms with van der Waals surface area (Å²) in [5.74, 6) is 0. The van der Waals surface area contributed by atoms with Crippen LogP contribution in [0.2, 0.25) is 0 Å². The van der Waals surface area contributed by atoms with Crippen LogP contribution in [0.1, 0.15) is 11.1 Å². The second-order valence-electron chi connectivity index (χ2n) is 9.40. The Balaban J connectivity index is 1.44. The van der Waals surface area contributed by atoms with Gasteiger partial charge in [-0.3, -0.25) is 4.98 Å². The van der Waals surface area contributed by atoms with Crippen molar-refractivity contribution in [2.75, 3.05) is 0 Å². The normalized spacial score (nSPS) is 11.7. The Hall–Kier alpha value is -4.43. The zero-order valence-electron chi connectivity index (χ0n) is 19.7. The third-order valence-corrected chi connectivity index (χ3v) is 7.07. The number of para-hydroxylation sites is 1. The highest BCUT2D eigenvalue weighted by atomic mass is 16.3. The fraction of sp³-hybridized carbons (Fsp3) is 0.0606. The van der Waals surface area contributed by atoms with E-state index in [0.717, 1.165) is 44.1 Å². The van der Waals surface area contributed by atoms with Crippen molar-refractivity contribution in [3.8, 4) is 22.4 Å². The van der Waals surface area contributed by atoms with E-state index in [1.54, 1.807) is 0 Å². The summed E-state index contributed by atoms with van der Waals surface area (Å²) in [5.41, 5.74) is 8.57. The molecule has 5 aromatic carbocycles. The molecule has 166 valence electrons. The Kier molecular flexibility index (Phi) is 4.31. The summed E-state index contributed by atoms with van der Waals surface area (Å²) < 4.78 is 6.56. The first-order valence-electron chi connectivity index (χ1n) is 12.0. The third kappa shape index (κ3) is 3.14. The van der Waals surface area contributed by atoms with Crippen molar-refractivity contribution in [1.29, 1.82) is 0 Å². The van der Waals surface area contributed by atoms with Gasteiger partial charge in [-0.2, -0.15) is 0 Å². The van der Waals surface area contributed by atoms with Gasteiger partial charge in [0.05, 0.1) is 5.69 Å². The summed E-state index contributed by atoms with van der Waals surface area (Å²) in [6.07, 6.45) is 1.97. The lowest BCUT2D eigenvalue weighted by atomic mass is 9.96. The van der Waals surface area contributed by atoms with Crippen molar-refractivity contribution in [2.24, 2.45) is 0 Å². The van der Waals surface area contributed by atoms with Crippen molar-refractivity contribution in [1.82, 2.24) is 4.98 Å². The highest BCUT2D eigenvalue weighted by molar-refractivity contribution is 6.17. The molecule has 7 aromatic rings. The number of hydrogen-bond acceptors (Lipinski definition) is 2. The molecular formula is C33H23NO. The number of nitrogens with zero attached hydrogens (tertiary/aromatic N) is 1. The zero-order valence-corrected chi connectivity index (χ0v) is 19.7. The summed E-state index contributed by atoms with van der Waals surface area (Å²) in [5, 5.41) is 7.09. The highest BCUT2D eigenvalue weighted by Crippen LogP contribution is 2.39. The Labute approximate surface area is 203 Å². The van der Waals surface area contributed by atoms with Crippen molar-refractivity contribution < 1.29 is 4.42 Å². The van der Waals surface area contributed by atoms with E-state index >= 15 is 0 Å². The lowest BCUT2D eigenvalue weighted by Gasteiger charge is -2.11. The predicted octanol–water partition coefficient (Wildman–Crippen LogP) is 9.24. The van der Waals surface area contributed by atoms with Gasteiger partial charge in [-0.25, -0.2) is 0 Å². The van der Waals surface area contributed by atoms with Gasteiger partial charge < -0.3 is 4.42 Å². The van der Waals surface area contributed by atoms with E-state index in [-0.39, 0.29) is 0 Å². The summed E-state index contributed by atoms with van der Waals surface area (Å²) in [6.45, 7) is 4.26. The Bertz CT molecular complexity index is 1930. The Morgan fingerprint density at radius 3 is 2.29 bits per heavy atom. The molecule has 0 saturated heterocycles. The summed E-state index contributed by atoms with van der Waals surface area (Å²) in [7, 11) is 0. The predicted molar refractivity (Wildman–Crippen MR) is 147 cm³/mol. The van der Waals surface area contributed by atoms with Gasteiger partial charge in [-0.05, 0) is 71.0 Å². The Morgan fingerprint density at radius 2 is 1.34 bits per heavy atom. The van der Waals surface area contributed by atoms with Crippen molar-refractivity contribution in [3.63, 3.8) is 0 Å². The number of pyridine rings is 1. The van der Waals surface area contributed by atoms with Gasteiger partial charge >= 0.3 is 0 Å². The van der Waals surface area contributed by atoms with E-state index in [9.17, 15) is 0 Å². The molecule has 0 amide bonds. The minimum Gasteiger partial charge on any atom is -0.455 e. The molecule has 2 nitrogen and oxygen atoms in total. The minimum atomic E-state index is 0.884. The molecule has 0 aliphatic carbocycles. The first kappa shape index (κ1) is 20.0. The molecule has 35 heavy (non-hydrogen) atoms. The number of fused-ring (bicyclic) bond motifs is 6. The fourth-order valence-electron chi connectivity index (χ4n) is 5.24. The number of hydrogen-bond donors (Lipinski definition) is 0. The van der Waals surface area contributed by atoms with Gasteiger partial charge in [0, 0.05) is 27.9 Å². The molecule has 0 aliphatic rings. The zero-order chi connectivity index (χ0) is 23.5. The lowest BCUT2D eigenvalue weighted by Crippen LogP contribution is -1.90. The van der Waals surface area contributed by atoms with Crippen molar-refractivity contribution in [2.45, 2.75) is 13.8 Å². The molecule has 0 fully saturated rings. The smallest absolute Gasteiger partial charge is 0.144 e. The van der Waals surface area contributed by atoms with Crippen LogP contribution in [0.25, 0.3) is 65.9 Å². The molecule has 2 heteroatoms. The first-order valence-corrected chi connectivity index (χ1v) is 12.0. The number of furan rings is 1. The summed E-state index contributed by atoms with van der Waals surface area (Å²) in [4.78, 5) is 4.83. The second kappa shape index (κ2) is 7.54. The number of aromatic nitrogens is 1. The molecule has 2 aromatic heterocycles. The third-order valence-electron chi connectivity index (χ3n) is 7.07. The fourth-order valence-corrected chi connectivity index (χ4v) is 5.24. The van der Waals surface area contributed by atoms with Crippen molar-refractivity contribution >= 4 is 43.5 Å². The summed E-state index contributed by atoms with van der Waals surface area (Å²) in [6, 6.07) is 34.6. The average Bonchev–Trinajstić information content (AvgIpc) is 3.28. The molecule has 7 rings (SSSR count). The van der Waals surface area contributed by atoms with Crippen LogP contribution in [0.4, 0.5) is 0 Å². The van der Waals surface area contributed by atoms with Crippen molar-refractivity contribution in [3.05, 3.63) is 114 Å². The van der Waals surface area contributed by atoms with E-state index in [1.165, 1.54) is 32.8 Å². The van der Waals surface area contributed by atoms with E-state index in [2.05, 4.69) is 111 Å². The van der Waals surface area contributed by atoms with E-state index < -0.39 is 0 Å². The van der Waals surface area contributed by atoms with E-state index in [4.69, 9.17) is 9.40 Å². The molecule has 0 radical (unpaired) electrons. The maximum absolute atomic E-state index is 6.56. The standard InChI is InChI=1S/C33H23NO/c1-20-10-11-24-17-25(13-12-23(24)16-20)30-18-31(34-19-21(30)2)29-9-5-8-27-28-15-14-22-6-3-4-7-26(22)32(28)35-33(27)29/h3-19H,1-2H3. The van der Waals surface area contributed by atoms with Gasteiger partial charge in [0.1, 0.15) is 11.2 Å². The van der Waals surface area contributed by atoms with Crippen LogP contribution in [-0.4, -0.2) is 4.98 Å². The first-order chi connectivity index (χ1) is 17.2. The van der Waals surface area contributed by atoms with E-state index in [1.807, 2.05) is 6.20 Å². The van der Waals surface area contributed by atoms with Crippen LogP contribution in [0.15, 0.2) is 108 Å². The Morgan fingerprint density at radius 1 is 0.571 bits per heavy atom. The molecule has 0 spiro atoms. The molecule has 0 atom stereocenters. The maximum Gasteiger partial charge on any atom is 0.144 e. The quantitative estimate of drug-likeness (QED) is 0.263. The van der Waals surface area contributed by atoms with Gasteiger partial charge in [0.25, 0.3) is 0 Å². The monoisotopic (exact) mass is 449 g/mol. The molecule has 0 unspecified atom stereocenters. The van der Waals surface area contributed by atoms with Gasteiger partial charge in [-0.1, -0.05) is 78.4 Å². The largest absolute Gasteiger partial charge is 0.455 e. The molecule has 0 bridgehead atoms. The second-order valence-corrected chi connectivity index (χ2v) is 9.40. The van der Waals surface area contributed by atoms with Crippen LogP contribution in [-0.2, 0) is 0 Å². The van der Waals surface area contributed by atoms with Gasteiger partial charge in [0.15, 0.2) is 0 Å². The average molecular weight is 450 g/mol. The highest BCUT2D eigenvalue weighted by Gasteiger charge is 2.16. The number of benzene rings is 5. The topological polar surface area (TPSA) is 26.0 Å². The lowest BCUT2D eigenvalue weighted by molar-refractivity contribution is 0.673. The van der Waals surface area contributed by atoms with Crippen LogP contribution in [0.5, 0.6) is 0 Å². The van der Waals surface area contributed by atoms with E-state index in [0.29, 0.717) is 0 Å². The SMILES string of the molecule is Cc1ccc2cc(-c3cc(-c4cccc5c4oc4c6ccccc6ccc54)ncc3C)ccc2c1. The van der Waals surface area contributed by atoms with Crippen LogP contribution in [0.3, 0.4) is 0 Å². The number of rotatable bonds is 2. The molecule has 0 aliphatic heterocycles. The van der Waals surface area contributed by atoms with Crippen LogP contribution in [0, 0.1) is 13.8 Å². The van der Waals surface area contributed by atoms with Gasteiger partial charge in [0.2, 0.25) is 0 Å². The van der Waals surface area contributed by atoms with Gasteiger partial charge in [-0.15, -0.1) is 0 Å². The maximum atomic E-state index is 6.56. The summed E-state index contributed by atoms with van der Waals surface area (Å²) >= 11 is 0. The molecule has 2 heterocycles. The van der Waals surface area contributed by atoms with Crippen LogP contribution >= 0.6 is 0 Å². The van der Waals surface area contributed by atoms with Crippen LogP contribution < -0.4 is 0 Å². The molecular weight excluding hydrogens is 426 g/mol. The molecule has 0 saturated carbocycles. The molecule has 0 N–H and O–H groups in total.